The number of pyridine rings is 1. The second kappa shape index (κ2) is 12.7. The number of benzene rings is 7. The molecule has 0 spiro atoms. The number of hydrogen-bond acceptors (Lipinski definition) is 4. The molecule has 9 aromatic rings. The van der Waals surface area contributed by atoms with Crippen LogP contribution in [0.4, 0.5) is 0 Å². The lowest BCUT2D eigenvalue weighted by atomic mass is 9.84. The largest absolute Gasteiger partial charge is 0.367 e. The molecule has 55 heavy (non-hydrogen) atoms. The Kier molecular flexibility index (Phi) is 7.40. The van der Waals surface area contributed by atoms with Crippen molar-refractivity contribution in [2.24, 2.45) is 0 Å². The molecule has 1 aliphatic rings. The molecule has 0 bridgehead atoms. The Labute approximate surface area is 318 Å². The maximum absolute atomic E-state index is 11.0. The van der Waals surface area contributed by atoms with Crippen LogP contribution in [0.2, 0.25) is 0 Å². The fraction of sp³-hybridized carbons (Fsp3) is 0.0200. The molecule has 5 nitrogen and oxygen atoms in total. The van der Waals surface area contributed by atoms with Crippen LogP contribution in [0.3, 0.4) is 0 Å². The van der Waals surface area contributed by atoms with Crippen molar-refractivity contribution in [2.45, 2.75) is 5.54 Å². The molecule has 2 heterocycles. The van der Waals surface area contributed by atoms with Crippen LogP contribution < -0.4 is 0 Å². The van der Waals surface area contributed by atoms with Crippen molar-refractivity contribution in [1.82, 2.24) is 15.0 Å². The first-order valence-electron chi connectivity index (χ1n) is 18.1. The zero-order chi connectivity index (χ0) is 36.9. The van der Waals surface area contributed by atoms with Gasteiger partial charge in [-0.3, -0.25) is 9.83 Å². The lowest BCUT2D eigenvalue weighted by Crippen LogP contribution is -2.18. The summed E-state index contributed by atoms with van der Waals surface area (Å²) >= 11 is 0. The molecule has 0 amide bonds. The highest BCUT2D eigenvalue weighted by Crippen LogP contribution is 2.56. The number of rotatable bonds is 5. The summed E-state index contributed by atoms with van der Waals surface area (Å²) in [6.45, 7) is 8.62. The van der Waals surface area contributed by atoms with Crippen LogP contribution in [0, 0.1) is 17.9 Å². The second-order valence-corrected chi connectivity index (χ2v) is 13.8. The summed E-state index contributed by atoms with van der Waals surface area (Å²) in [5.74, 6) is 0.635. The molecule has 5 heteroatoms. The molecule has 254 valence electrons. The van der Waals surface area contributed by atoms with E-state index in [0.717, 1.165) is 88.6 Å². The van der Waals surface area contributed by atoms with E-state index < -0.39 is 5.54 Å². The van der Waals surface area contributed by atoms with Crippen LogP contribution in [-0.4, -0.2) is 15.0 Å². The number of fused-ring (bicyclic) bond motifs is 8. The molecule has 7 aromatic carbocycles. The van der Waals surface area contributed by atoms with E-state index in [4.69, 9.17) is 16.5 Å². The summed E-state index contributed by atoms with van der Waals surface area (Å²) in [6.07, 6.45) is 3.64. The Morgan fingerprint density at radius 3 is 1.76 bits per heavy atom. The van der Waals surface area contributed by atoms with Crippen LogP contribution in [0.5, 0.6) is 0 Å². The van der Waals surface area contributed by atoms with Crippen molar-refractivity contribution in [3.05, 3.63) is 199 Å². The van der Waals surface area contributed by atoms with E-state index >= 15 is 0 Å². The van der Waals surface area contributed by atoms with E-state index in [0.29, 0.717) is 11.4 Å². The predicted molar refractivity (Wildman–Crippen MR) is 220 cm³/mol. The maximum atomic E-state index is 11.0. The average molecular weight is 700 g/mol. The fourth-order valence-corrected chi connectivity index (χ4v) is 8.14. The van der Waals surface area contributed by atoms with E-state index in [1.54, 1.807) is 6.20 Å². The van der Waals surface area contributed by atoms with Gasteiger partial charge in [0, 0.05) is 40.2 Å². The van der Waals surface area contributed by atoms with Crippen molar-refractivity contribution in [3.63, 3.8) is 0 Å². The summed E-state index contributed by atoms with van der Waals surface area (Å²) in [4.78, 5) is 18.8. The summed E-state index contributed by atoms with van der Waals surface area (Å²) in [7, 11) is 0. The Morgan fingerprint density at radius 2 is 1.09 bits per heavy atom. The van der Waals surface area contributed by atoms with Gasteiger partial charge in [0.15, 0.2) is 11.9 Å². The molecule has 1 atom stereocenters. The van der Waals surface area contributed by atoms with Gasteiger partial charge in [0.05, 0.1) is 22.5 Å². The highest BCUT2D eigenvalue weighted by Gasteiger charge is 2.52. The third kappa shape index (κ3) is 5.11. The SMILES string of the molecule is [C-]#[N+]C1(C#N)c2cc(-c3cc(-c4cccnc4)cc(-c4cc(-c5ccccc5)nc(-c5ccccc5)n4)c3)ccc2-c2c1c1ccccc1c1ccccc21. The van der Waals surface area contributed by atoms with Crippen molar-refractivity contribution < 1.29 is 0 Å². The monoisotopic (exact) mass is 699 g/mol. The van der Waals surface area contributed by atoms with E-state index in [-0.39, 0.29) is 0 Å². The van der Waals surface area contributed by atoms with Crippen LogP contribution in [0.15, 0.2) is 176 Å². The molecule has 0 aliphatic heterocycles. The number of hydrogen-bond donors (Lipinski definition) is 0. The van der Waals surface area contributed by atoms with E-state index in [1.807, 2.05) is 97.2 Å². The third-order valence-corrected chi connectivity index (χ3v) is 10.7. The van der Waals surface area contributed by atoms with Gasteiger partial charge in [0.1, 0.15) is 0 Å². The van der Waals surface area contributed by atoms with Gasteiger partial charge in [-0.1, -0.05) is 127 Å². The summed E-state index contributed by atoms with van der Waals surface area (Å²) in [5, 5.41) is 15.2. The van der Waals surface area contributed by atoms with Crippen LogP contribution in [0.1, 0.15) is 11.1 Å². The molecular weight excluding hydrogens is 671 g/mol. The Morgan fingerprint density at radius 1 is 0.509 bits per heavy atom. The summed E-state index contributed by atoms with van der Waals surface area (Å²) in [5.41, 5.74) is 10.0. The van der Waals surface area contributed by atoms with Gasteiger partial charge < -0.3 is 0 Å². The van der Waals surface area contributed by atoms with Gasteiger partial charge in [0.2, 0.25) is 0 Å². The zero-order valence-electron chi connectivity index (χ0n) is 29.5. The maximum Gasteiger partial charge on any atom is 0.367 e. The van der Waals surface area contributed by atoms with Gasteiger partial charge in [-0.15, -0.1) is 0 Å². The van der Waals surface area contributed by atoms with E-state index in [2.05, 4.69) is 88.7 Å². The van der Waals surface area contributed by atoms with Crippen molar-refractivity contribution in [2.75, 3.05) is 0 Å². The van der Waals surface area contributed by atoms with Gasteiger partial charge in [0.25, 0.3) is 0 Å². The van der Waals surface area contributed by atoms with Crippen molar-refractivity contribution >= 4 is 21.5 Å². The molecule has 0 fully saturated rings. The molecule has 0 N–H and O–H groups in total. The first-order chi connectivity index (χ1) is 27.1. The molecular formula is C50H29N5. The Balaban J connectivity index is 1.21. The molecule has 2 aromatic heterocycles. The minimum atomic E-state index is -1.52. The Hall–Kier alpha value is -7.73. The molecule has 0 radical (unpaired) electrons. The number of nitrogens with zero attached hydrogens (tertiary/aromatic N) is 5. The predicted octanol–water partition coefficient (Wildman–Crippen LogP) is 12.2. The van der Waals surface area contributed by atoms with Crippen LogP contribution >= 0.6 is 0 Å². The summed E-state index contributed by atoms with van der Waals surface area (Å²) in [6, 6.07) is 57.9. The average Bonchev–Trinajstić information content (AvgIpc) is 3.57. The van der Waals surface area contributed by atoms with Gasteiger partial charge in [-0.25, -0.2) is 16.5 Å². The van der Waals surface area contributed by atoms with Crippen LogP contribution in [-0.2, 0) is 5.54 Å². The first kappa shape index (κ1) is 32.0. The van der Waals surface area contributed by atoms with Gasteiger partial charge in [-0.05, 0) is 80.2 Å². The standard InChI is InChI=1S/C50H29N5/c1-52-50(31-51)44-28-34(22-23-43(44)47-41-20-10-8-18-39(41)40-19-9-11-21-42(40)48(47)50)36-25-37(35-17-12-24-53-30-35)27-38(26-36)46-29-45(32-13-4-2-5-14-32)54-49(55-46)33-15-6-3-7-16-33/h2-30H. The quantitative estimate of drug-likeness (QED) is 0.132. The van der Waals surface area contributed by atoms with Gasteiger partial charge in [-0.2, -0.15) is 5.26 Å². The fourth-order valence-electron chi connectivity index (χ4n) is 8.14. The van der Waals surface area contributed by atoms with Crippen LogP contribution in [0.25, 0.3) is 93.7 Å². The first-order valence-corrected chi connectivity index (χ1v) is 18.1. The minimum Gasteiger partial charge on any atom is -0.283 e. The van der Waals surface area contributed by atoms with Gasteiger partial charge >= 0.3 is 5.54 Å². The van der Waals surface area contributed by atoms with E-state index in [9.17, 15) is 5.26 Å². The molecule has 1 aliphatic carbocycles. The van der Waals surface area contributed by atoms with E-state index in [1.165, 1.54) is 0 Å². The second-order valence-electron chi connectivity index (χ2n) is 13.8. The lowest BCUT2D eigenvalue weighted by Gasteiger charge is -2.16. The highest BCUT2D eigenvalue weighted by atomic mass is 14.9. The van der Waals surface area contributed by atoms with Crippen molar-refractivity contribution in [1.29, 1.82) is 5.26 Å². The smallest absolute Gasteiger partial charge is 0.283 e. The molecule has 10 rings (SSSR count). The number of aromatic nitrogens is 3. The van der Waals surface area contributed by atoms with Crippen molar-refractivity contribution in [3.8, 4) is 73.4 Å². The third-order valence-electron chi connectivity index (χ3n) is 10.7. The normalized spacial score (nSPS) is 14.2. The lowest BCUT2D eigenvalue weighted by molar-refractivity contribution is 0.864. The molecule has 0 saturated carbocycles. The molecule has 1 unspecified atom stereocenters. The number of nitriles is 1. The molecule has 0 saturated heterocycles. The topological polar surface area (TPSA) is 66.8 Å². The Bertz CT molecular complexity index is 2980. The minimum absolute atomic E-state index is 0.635. The summed E-state index contributed by atoms with van der Waals surface area (Å²) < 4.78 is 0. The zero-order valence-corrected chi connectivity index (χ0v) is 29.5. The highest BCUT2D eigenvalue weighted by molar-refractivity contribution is 6.19.